The standard InChI is InChI=1S/C9H8FN3O2S/c1-15-9-8(12-16(14)13-9)11-7-4-2-6(10)3-5-7/h2-5H,1H3,(H,11,12). The molecule has 0 amide bonds. The topological polar surface area (TPSA) is 63.0 Å². The minimum atomic E-state index is -1.65. The van der Waals surface area contributed by atoms with Gasteiger partial charge in [-0.2, -0.15) is 0 Å². The molecule has 0 saturated heterocycles. The van der Waals surface area contributed by atoms with Crippen LogP contribution in [0.4, 0.5) is 10.1 Å². The second kappa shape index (κ2) is 4.40. The van der Waals surface area contributed by atoms with Crippen LogP contribution in [0.25, 0.3) is 0 Å². The average molecular weight is 241 g/mol. The van der Waals surface area contributed by atoms with E-state index in [4.69, 9.17) is 4.74 Å². The number of anilines is 1. The van der Waals surface area contributed by atoms with Crippen molar-refractivity contribution in [3.8, 4) is 0 Å². The minimum Gasteiger partial charge on any atom is -0.478 e. The maximum Gasteiger partial charge on any atom is 0.271 e. The number of halogens is 1. The Balaban J connectivity index is 2.17. The molecule has 1 N–H and O–H groups in total. The van der Waals surface area contributed by atoms with Gasteiger partial charge in [-0.1, -0.05) is 0 Å². The van der Waals surface area contributed by atoms with Crippen molar-refractivity contribution < 1.29 is 13.3 Å². The third kappa shape index (κ3) is 2.25. The van der Waals surface area contributed by atoms with Crippen molar-refractivity contribution in [3.05, 3.63) is 30.1 Å². The molecule has 0 saturated carbocycles. The Bertz CT molecular complexity index is 484. The van der Waals surface area contributed by atoms with Gasteiger partial charge in [0.15, 0.2) is 0 Å². The fourth-order valence-electron chi connectivity index (χ4n) is 1.13. The molecule has 0 fully saturated rings. The van der Waals surface area contributed by atoms with Gasteiger partial charge in [-0.15, -0.1) is 8.80 Å². The van der Waals surface area contributed by atoms with Crippen LogP contribution in [-0.4, -0.2) is 23.1 Å². The predicted octanol–water partition coefficient (Wildman–Crippen LogP) is 1.27. The Labute approximate surface area is 93.8 Å². The van der Waals surface area contributed by atoms with E-state index in [9.17, 15) is 8.60 Å². The lowest BCUT2D eigenvalue weighted by atomic mass is 10.3. The van der Waals surface area contributed by atoms with Gasteiger partial charge >= 0.3 is 0 Å². The van der Waals surface area contributed by atoms with Crippen LogP contribution in [0.1, 0.15) is 0 Å². The van der Waals surface area contributed by atoms with E-state index in [1.165, 1.54) is 31.4 Å². The van der Waals surface area contributed by atoms with E-state index in [1.807, 2.05) is 0 Å². The molecule has 0 spiro atoms. The predicted molar refractivity (Wildman–Crippen MR) is 60.0 cm³/mol. The zero-order valence-corrected chi connectivity index (χ0v) is 9.12. The number of nitrogens with zero attached hydrogens (tertiary/aromatic N) is 2. The molecule has 1 unspecified atom stereocenters. The van der Waals surface area contributed by atoms with Crippen molar-refractivity contribution in [2.75, 3.05) is 12.4 Å². The second-order valence-electron chi connectivity index (χ2n) is 2.90. The van der Waals surface area contributed by atoms with E-state index in [0.717, 1.165) is 0 Å². The lowest BCUT2D eigenvalue weighted by molar-refractivity contribution is 0.413. The zero-order chi connectivity index (χ0) is 11.5. The molecule has 0 aromatic heterocycles. The first-order valence-electron chi connectivity index (χ1n) is 4.35. The van der Waals surface area contributed by atoms with Gasteiger partial charge in [0.05, 0.1) is 7.11 Å². The molecule has 0 radical (unpaired) electrons. The number of rotatable bonds is 1. The van der Waals surface area contributed by atoms with Crippen LogP contribution in [-0.2, 0) is 15.9 Å². The summed E-state index contributed by atoms with van der Waals surface area (Å²) in [6, 6.07) is 5.68. The van der Waals surface area contributed by atoms with Gasteiger partial charge in [0, 0.05) is 5.69 Å². The maximum atomic E-state index is 12.7. The summed E-state index contributed by atoms with van der Waals surface area (Å²) in [5.74, 6) is 0.109. The van der Waals surface area contributed by atoms with E-state index in [1.54, 1.807) is 0 Å². The molecule has 1 atom stereocenters. The van der Waals surface area contributed by atoms with Gasteiger partial charge in [-0.05, 0) is 24.3 Å². The van der Waals surface area contributed by atoms with E-state index < -0.39 is 11.2 Å². The largest absolute Gasteiger partial charge is 0.478 e. The van der Waals surface area contributed by atoms with Crippen molar-refractivity contribution in [1.82, 2.24) is 0 Å². The highest BCUT2D eigenvalue weighted by atomic mass is 32.2. The SMILES string of the molecule is COC1=NS(=O)N=C1Nc1ccc(F)cc1. The lowest BCUT2D eigenvalue weighted by Crippen LogP contribution is -2.21. The molecule has 16 heavy (non-hydrogen) atoms. The quantitative estimate of drug-likeness (QED) is 0.805. The molecule has 0 aliphatic carbocycles. The summed E-state index contributed by atoms with van der Waals surface area (Å²) in [5, 5.41) is 2.83. The summed E-state index contributed by atoms with van der Waals surface area (Å²) in [6.07, 6.45) is 0. The minimum absolute atomic E-state index is 0.169. The maximum absolute atomic E-state index is 12.7. The van der Waals surface area contributed by atoms with Crippen LogP contribution in [0.2, 0.25) is 0 Å². The summed E-state index contributed by atoms with van der Waals surface area (Å²) >= 11 is -1.65. The number of hydrogen-bond donors (Lipinski definition) is 1. The highest BCUT2D eigenvalue weighted by Gasteiger charge is 2.19. The van der Waals surface area contributed by atoms with Crippen molar-refractivity contribution in [1.29, 1.82) is 0 Å². The van der Waals surface area contributed by atoms with Gasteiger partial charge in [0.1, 0.15) is 5.82 Å². The van der Waals surface area contributed by atoms with Crippen molar-refractivity contribution in [3.63, 3.8) is 0 Å². The van der Waals surface area contributed by atoms with Crippen LogP contribution >= 0.6 is 0 Å². The number of ether oxygens (including phenoxy) is 1. The molecule has 7 heteroatoms. The third-order valence-electron chi connectivity index (χ3n) is 1.83. The molecule has 5 nitrogen and oxygen atoms in total. The van der Waals surface area contributed by atoms with Gasteiger partial charge in [-0.3, -0.25) is 0 Å². The fourth-order valence-corrected chi connectivity index (χ4v) is 1.76. The summed E-state index contributed by atoms with van der Waals surface area (Å²) in [6.45, 7) is 0. The molecule has 1 aliphatic heterocycles. The lowest BCUT2D eigenvalue weighted by Gasteiger charge is -2.05. The van der Waals surface area contributed by atoms with Crippen molar-refractivity contribution >= 4 is 28.6 Å². The van der Waals surface area contributed by atoms with Gasteiger partial charge in [-0.25, -0.2) is 8.60 Å². The summed E-state index contributed by atoms with van der Waals surface area (Å²) in [7, 11) is 1.41. The first-order chi connectivity index (χ1) is 7.69. The summed E-state index contributed by atoms with van der Waals surface area (Å²) in [4.78, 5) is 0. The normalized spacial score (nSPS) is 19.0. The molecule has 1 heterocycles. The van der Waals surface area contributed by atoms with Crippen LogP contribution in [0.15, 0.2) is 33.1 Å². The van der Waals surface area contributed by atoms with E-state index in [2.05, 4.69) is 14.1 Å². The average Bonchev–Trinajstić information content (AvgIpc) is 2.62. The van der Waals surface area contributed by atoms with E-state index >= 15 is 0 Å². The fraction of sp³-hybridized carbons (Fsp3) is 0.111. The Morgan fingerprint density at radius 3 is 2.62 bits per heavy atom. The molecule has 1 aromatic carbocycles. The first kappa shape index (κ1) is 10.7. The molecular formula is C9H8FN3O2S. The van der Waals surface area contributed by atoms with Gasteiger partial charge in [0.2, 0.25) is 5.84 Å². The van der Waals surface area contributed by atoms with Gasteiger partial charge in [0.25, 0.3) is 17.1 Å². The van der Waals surface area contributed by atoms with Gasteiger partial charge < -0.3 is 10.1 Å². The van der Waals surface area contributed by atoms with Crippen LogP contribution in [0.5, 0.6) is 0 Å². The molecule has 2 rings (SSSR count). The first-order valence-corrected chi connectivity index (χ1v) is 5.42. The molecular weight excluding hydrogens is 233 g/mol. The summed E-state index contributed by atoms with van der Waals surface area (Å²) < 4.78 is 35.9. The molecule has 0 bridgehead atoms. The van der Waals surface area contributed by atoms with Crippen LogP contribution in [0.3, 0.4) is 0 Å². The van der Waals surface area contributed by atoms with Crippen LogP contribution in [0, 0.1) is 5.82 Å². The van der Waals surface area contributed by atoms with Crippen molar-refractivity contribution in [2.24, 2.45) is 8.80 Å². The van der Waals surface area contributed by atoms with Crippen LogP contribution < -0.4 is 5.32 Å². The smallest absolute Gasteiger partial charge is 0.271 e. The monoisotopic (exact) mass is 241 g/mol. The Morgan fingerprint density at radius 2 is 2.00 bits per heavy atom. The number of amidine groups is 1. The molecule has 1 aliphatic rings. The number of hydrogen-bond acceptors (Lipinski definition) is 3. The second-order valence-corrected chi connectivity index (χ2v) is 3.73. The third-order valence-corrected chi connectivity index (χ3v) is 2.49. The van der Waals surface area contributed by atoms with Crippen molar-refractivity contribution in [2.45, 2.75) is 0 Å². The Kier molecular flexibility index (Phi) is 2.95. The number of nitrogens with one attached hydrogen (secondary N) is 1. The molecule has 84 valence electrons. The van der Waals surface area contributed by atoms with E-state index in [-0.39, 0.29) is 17.6 Å². The Morgan fingerprint density at radius 1 is 1.31 bits per heavy atom. The number of methoxy groups -OCH3 is 1. The highest BCUT2D eigenvalue weighted by Crippen LogP contribution is 2.11. The zero-order valence-electron chi connectivity index (χ0n) is 8.31. The number of benzene rings is 1. The highest BCUT2D eigenvalue weighted by molar-refractivity contribution is 7.83. The van der Waals surface area contributed by atoms with E-state index in [0.29, 0.717) is 5.69 Å². The molecule has 1 aromatic rings. The summed E-state index contributed by atoms with van der Waals surface area (Å²) in [5.41, 5.74) is 0.615. The Hall–Kier alpha value is -1.76.